The van der Waals surface area contributed by atoms with Crippen LogP contribution in [0.2, 0.25) is 0 Å². The van der Waals surface area contributed by atoms with Crippen molar-refractivity contribution in [2.75, 3.05) is 5.32 Å². The molecule has 1 aromatic carbocycles. The molecule has 0 amide bonds. The van der Waals surface area contributed by atoms with Crippen LogP contribution in [-0.4, -0.2) is 49.6 Å². The molecule has 3 aromatic rings. The Balaban J connectivity index is 1.69. The zero-order valence-electron chi connectivity index (χ0n) is 15.3. The highest BCUT2D eigenvalue weighted by Crippen LogP contribution is 2.37. The highest BCUT2D eigenvalue weighted by molar-refractivity contribution is 7.20. The number of fused-ring (bicyclic) bond motifs is 1. The molecule has 2 heterocycles. The molecular weight excluding hydrogens is 401 g/mol. The molecule has 0 aliphatic heterocycles. The van der Waals surface area contributed by atoms with Crippen LogP contribution in [0.1, 0.15) is 28.1 Å². The summed E-state index contributed by atoms with van der Waals surface area (Å²) in [5.74, 6) is -0.966. The van der Waals surface area contributed by atoms with Crippen LogP contribution in [0.15, 0.2) is 24.5 Å². The van der Waals surface area contributed by atoms with E-state index in [1.807, 2.05) is 0 Å². The third-order valence-corrected chi connectivity index (χ3v) is 6.05. The van der Waals surface area contributed by atoms with Crippen molar-refractivity contribution in [1.82, 2.24) is 9.97 Å². The minimum Gasteiger partial charge on any atom is -0.488 e. The minimum atomic E-state index is -1.04. The molecule has 1 aliphatic carbocycles. The van der Waals surface area contributed by atoms with Gasteiger partial charge in [-0.2, -0.15) is 0 Å². The van der Waals surface area contributed by atoms with Gasteiger partial charge in [0.25, 0.3) is 0 Å². The number of hydrogen-bond acceptors (Lipinski definition) is 8. The van der Waals surface area contributed by atoms with Gasteiger partial charge in [-0.15, -0.1) is 11.3 Å². The van der Waals surface area contributed by atoms with Gasteiger partial charge in [0.05, 0.1) is 23.3 Å². The van der Waals surface area contributed by atoms with Gasteiger partial charge in [-0.3, -0.25) is 0 Å². The van der Waals surface area contributed by atoms with E-state index < -0.39 is 30.1 Å². The summed E-state index contributed by atoms with van der Waals surface area (Å²) in [6.45, 7) is 1.68. The van der Waals surface area contributed by atoms with Gasteiger partial charge in [-0.1, -0.05) is 0 Å². The van der Waals surface area contributed by atoms with E-state index in [-0.39, 0.29) is 23.5 Å². The fourth-order valence-corrected chi connectivity index (χ4v) is 4.41. The van der Waals surface area contributed by atoms with Gasteiger partial charge in [0.2, 0.25) is 0 Å². The maximum atomic E-state index is 13.8. The molecule has 0 radical (unpaired) electrons. The number of ether oxygens (including phenoxy) is 1. The van der Waals surface area contributed by atoms with Crippen molar-refractivity contribution in [3.63, 3.8) is 0 Å². The third kappa shape index (κ3) is 3.74. The molecular formula is C19H18FN3O5S. The van der Waals surface area contributed by atoms with Crippen molar-refractivity contribution in [3.8, 4) is 5.75 Å². The summed E-state index contributed by atoms with van der Waals surface area (Å²) in [6, 6.07) is 3.95. The maximum absolute atomic E-state index is 13.8. The molecule has 0 bridgehead atoms. The predicted molar refractivity (Wildman–Crippen MR) is 104 cm³/mol. The van der Waals surface area contributed by atoms with Gasteiger partial charge in [0.1, 0.15) is 39.5 Å². The Labute approximate surface area is 168 Å². The van der Waals surface area contributed by atoms with Crippen LogP contribution in [0.4, 0.5) is 15.9 Å². The Kier molecular flexibility index (Phi) is 5.07. The summed E-state index contributed by atoms with van der Waals surface area (Å²) in [5, 5.41) is 32.4. The first-order valence-electron chi connectivity index (χ1n) is 8.90. The van der Waals surface area contributed by atoms with E-state index in [1.165, 1.54) is 24.5 Å². The molecule has 4 N–H and O–H groups in total. The Morgan fingerprint density at radius 3 is 2.69 bits per heavy atom. The zero-order chi connectivity index (χ0) is 20.7. The SMILES string of the molecule is Cc1c(C(=O)O)sc2ncnc(Nc3ccc(F)cc3OC3C[C@@H](O)[C@H](O)C3)c12. The number of nitrogens with zero attached hydrogens (tertiary/aromatic N) is 2. The fraction of sp³-hybridized carbons (Fsp3) is 0.316. The average Bonchev–Trinajstić information content (AvgIpc) is 3.17. The first-order chi connectivity index (χ1) is 13.8. The molecule has 2 aromatic heterocycles. The normalized spacial score (nSPS) is 19.6. The van der Waals surface area contributed by atoms with Gasteiger partial charge >= 0.3 is 5.97 Å². The van der Waals surface area contributed by atoms with E-state index in [1.54, 1.807) is 6.92 Å². The van der Waals surface area contributed by atoms with E-state index >= 15 is 0 Å². The number of nitrogens with one attached hydrogen (secondary N) is 1. The highest BCUT2D eigenvalue weighted by atomic mass is 32.1. The Bertz CT molecular complexity index is 1080. The number of carbonyl (C=O) groups is 1. The van der Waals surface area contributed by atoms with Gasteiger partial charge in [0.15, 0.2) is 0 Å². The number of aliphatic hydroxyl groups excluding tert-OH is 2. The first-order valence-corrected chi connectivity index (χ1v) is 9.72. The fourth-order valence-electron chi connectivity index (χ4n) is 3.42. The minimum absolute atomic E-state index is 0.174. The molecule has 1 fully saturated rings. The van der Waals surface area contributed by atoms with Crippen LogP contribution < -0.4 is 10.1 Å². The number of aliphatic hydroxyl groups is 2. The van der Waals surface area contributed by atoms with Crippen LogP contribution in [0.3, 0.4) is 0 Å². The van der Waals surface area contributed by atoms with E-state index in [2.05, 4.69) is 15.3 Å². The number of benzene rings is 1. The lowest BCUT2D eigenvalue weighted by atomic mass is 10.2. The van der Waals surface area contributed by atoms with Crippen molar-refractivity contribution < 1.29 is 29.2 Å². The predicted octanol–water partition coefficient (Wildman–Crippen LogP) is 2.84. The highest BCUT2D eigenvalue weighted by Gasteiger charge is 2.33. The van der Waals surface area contributed by atoms with Crippen LogP contribution in [0.5, 0.6) is 5.75 Å². The molecule has 10 heteroatoms. The number of anilines is 2. The number of aromatic nitrogens is 2. The molecule has 29 heavy (non-hydrogen) atoms. The molecule has 152 valence electrons. The number of aryl methyl sites for hydroxylation is 1. The lowest BCUT2D eigenvalue weighted by Crippen LogP contribution is -2.17. The smallest absolute Gasteiger partial charge is 0.346 e. The van der Waals surface area contributed by atoms with Crippen molar-refractivity contribution in [3.05, 3.63) is 40.8 Å². The van der Waals surface area contributed by atoms with Crippen LogP contribution in [0.25, 0.3) is 10.2 Å². The monoisotopic (exact) mass is 419 g/mol. The van der Waals surface area contributed by atoms with E-state index in [9.17, 15) is 24.5 Å². The summed E-state index contributed by atoms with van der Waals surface area (Å²) in [7, 11) is 0. The summed E-state index contributed by atoms with van der Waals surface area (Å²) >= 11 is 1.05. The molecule has 0 unspecified atom stereocenters. The van der Waals surface area contributed by atoms with E-state index in [0.29, 0.717) is 27.3 Å². The number of aromatic carboxylic acids is 1. The Morgan fingerprint density at radius 2 is 2.00 bits per heavy atom. The van der Waals surface area contributed by atoms with Crippen molar-refractivity contribution >= 4 is 39.0 Å². The van der Waals surface area contributed by atoms with Gasteiger partial charge in [0, 0.05) is 18.9 Å². The lowest BCUT2D eigenvalue weighted by Gasteiger charge is -2.17. The van der Waals surface area contributed by atoms with Crippen molar-refractivity contribution in [2.24, 2.45) is 0 Å². The van der Waals surface area contributed by atoms with Gasteiger partial charge < -0.3 is 25.4 Å². The number of carboxylic acid groups (broad SMARTS) is 1. The first kappa shape index (κ1) is 19.5. The maximum Gasteiger partial charge on any atom is 0.346 e. The number of hydrogen-bond donors (Lipinski definition) is 4. The van der Waals surface area contributed by atoms with Crippen LogP contribution in [-0.2, 0) is 0 Å². The summed E-state index contributed by atoms with van der Waals surface area (Å²) < 4.78 is 19.7. The van der Waals surface area contributed by atoms with Crippen molar-refractivity contribution in [1.29, 1.82) is 0 Å². The van der Waals surface area contributed by atoms with Crippen LogP contribution in [0, 0.1) is 12.7 Å². The summed E-state index contributed by atoms with van der Waals surface area (Å²) in [4.78, 5) is 20.5. The Hall–Kier alpha value is -2.82. The second kappa shape index (κ2) is 7.54. The van der Waals surface area contributed by atoms with Crippen LogP contribution >= 0.6 is 11.3 Å². The Morgan fingerprint density at radius 1 is 1.28 bits per heavy atom. The largest absolute Gasteiger partial charge is 0.488 e. The molecule has 2 atom stereocenters. The second-order valence-electron chi connectivity index (χ2n) is 6.88. The van der Waals surface area contributed by atoms with E-state index in [0.717, 1.165) is 11.3 Å². The van der Waals surface area contributed by atoms with Crippen molar-refractivity contribution in [2.45, 2.75) is 38.1 Å². The number of rotatable bonds is 5. The lowest BCUT2D eigenvalue weighted by molar-refractivity contribution is 0.0438. The molecule has 0 spiro atoms. The van der Waals surface area contributed by atoms with E-state index in [4.69, 9.17) is 4.74 Å². The average molecular weight is 419 g/mol. The number of halogens is 1. The third-order valence-electron chi connectivity index (χ3n) is 4.86. The quantitative estimate of drug-likeness (QED) is 0.498. The number of carboxylic acids is 1. The standard InChI is InChI=1S/C19H18FN3O5S/c1-8-15-17(21-7-22-18(15)29-16(8)19(26)27)23-11-3-2-9(20)4-14(11)28-10-5-12(24)13(25)6-10/h2-4,7,10,12-13,24-25H,5-6H2,1H3,(H,26,27)(H,21,22,23)/t12-,13-/m1/s1. The number of thiophene rings is 1. The molecule has 1 aliphatic rings. The second-order valence-corrected chi connectivity index (χ2v) is 7.87. The van der Waals surface area contributed by atoms with Gasteiger partial charge in [-0.05, 0) is 24.6 Å². The molecule has 0 saturated heterocycles. The zero-order valence-corrected chi connectivity index (χ0v) is 16.1. The van der Waals surface area contributed by atoms with Gasteiger partial charge in [-0.25, -0.2) is 19.2 Å². The molecule has 1 saturated carbocycles. The topological polar surface area (TPSA) is 125 Å². The molecule has 8 nitrogen and oxygen atoms in total. The molecule has 4 rings (SSSR count). The summed E-state index contributed by atoms with van der Waals surface area (Å²) in [6.07, 6.45) is -0.431. The summed E-state index contributed by atoms with van der Waals surface area (Å²) in [5.41, 5.74) is 0.956.